The van der Waals surface area contributed by atoms with Crippen molar-refractivity contribution in [3.8, 4) is 11.5 Å². The summed E-state index contributed by atoms with van der Waals surface area (Å²) in [6.45, 7) is 8.98. The second-order valence-corrected chi connectivity index (χ2v) is 6.79. The Bertz CT molecular complexity index is 493. The van der Waals surface area contributed by atoms with Crippen LogP contribution in [0.15, 0.2) is 18.2 Å². The monoisotopic (exact) mass is 319 g/mol. The summed E-state index contributed by atoms with van der Waals surface area (Å²) in [7, 11) is 1.59. The zero-order chi connectivity index (χ0) is 16.7. The maximum absolute atomic E-state index is 10.8. The van der Waals surface area contributed by atoms with E-state index in [0.29, 0.717) is 23.7 Å². The first kappa shape index (κ1) is 17.8. The van der Waals surface area contributed by atoms with Gasteiger partial charge in [-0.1, -0.05) is 13.8 Å². The number of benzene rings is 1. The maximum atomic E-state index is 10.8. The summed E-state index contributed by atoms with van der Waals surface area (Å²) in [6, 6.07) is 5.26. The first-order chi connectivity index (χ1) is 11.1. The number of nitrogens with zero attached hydrogens (tertiary/aromatic N) is 1. The third-order valence-electron chi connectivity index (χ3n) is 4.39. The van der Waals surface area contributed by atoms with E-state index < -0.39 is 0 Å². The number of carbonyl (C=O) groups excluding carboxylic acids is 1. The summed E-state index contributed by atoms with van der Waals surface area (Å²) in [6.07, 6.45) is 4.34. The van der Waals surface area contributed by atoms with Gasteiger partial charge in [-0.3, -0.25) is 4.79 Å². The van der Waals surface area contributed by atoms with Crippen LogP contribution < -0.4 is 9.47 Å². The summed E-state index contributed by atoms with van der Waals surface area (Å²) in [5.41, 5.74) is 0.600. The number of carbonyl (C=O) groups is 1. The normalized spacial score (nSPS) is 21.9. The molecule has 0 aliphatic carbocycles. The van der Waals surface area contributed by atoms with Gasteiger partial charge >= 0.3 is 0 Å². The van der Waals surface area contributed by atoms with Crippen LogP contribution in [0, 0.1) is 11.8 Å². The van der Waals surface area contributed by atoms with E-state index in [1.165, 1.54) is 19.5 Å². The third-order valence-corrected chi connectivity index (χ3v) is 4.39. The Labute approximate surface area is 139 Å². The number of methoxy groups -OCH3 is 1. The predicted octanol–water partition coefficient (Wildman–Crippen LogP) is 3.64. The van der Waals surface area contributed by atoms with Crippen molar-refractivity contribution >= 4 is 6.29 Å². The molecule has 0 aromatic heterocycles. The molecule has 1 saturated heterocycles. The van der Waals surface area contributed by atoms with E-state index in [4.69, 9.17) is 9.47 Å². The van der Waals surface area contributed by atoms with E-state index in [1.54, 1.807) is 25.3 Å². The summed E-state index contributed by atoms with van der Waals surface area (Å²) in [5.74, 6) is 2.96. The fraction of sp³-hybridized carbons (Fsp3) is 0.632. The van der Waals surface area contributed by atoms with Gasteiger partial charge in [-0.2, -0.15) is 0 Å². The molecule has 1 heterocycles. The van der Waals surface area contributed by atoms with Crippen LogP contribution in [0.25, 0.3) is 0 Å². The summed E-state index contributed by atoms with van der Waals surface area (Å²) < 4.78 is 11.1. The van der Waals surface area contributed by atoms with Crippen molar-refractivity contribution in [2.45, 2.75) is 33.1 Å². The Morgan fingerprint density at radius 3 is 2.57 bits per heavy atom. The average Bonchev–Trinajstić information content (AvgIpc) is 2.53. The Hall–Kier alpha value is -1.55. The van der Waals surface area contributed by atoms with Crippen LogP contribution in [0.4, 0.5) is 0 Å². The molecule has 128 valence electrons. The fourth-order valence-electron chi connectivity index (χ4n) is 3.47. The Morgan fingerprint density at radius 2 is 1.91 bits per heavy atom. The summed E-state index contributed by atoms with van der Waals surface area (Å²) in [5, 5.41) is 0. The number of unbranched alkanes of at least 4 members (excludes halogenated alkanes) is 1. The highest BCUT2D eigenvalue weighted by molar-refractivity contribution is 5.76. The van der Waals surface area contributed by atoms with Crippen LogP contribution in [0.5, 0.6) is 11.5 Å². The molecule has 1 aliphatic rings. The SMILES string of the molecule is COc1cc(C=O)ccc1OCCCCN1C[C@@H](C)C[C@H](C)C1. The van der Waals surface area contributed by atoms with Crippen molar-refractivity contribution in [1.82, 2.24) is 4.90 Å². The first-order valence-electron chi connectivity index (χ1n) is 8.60. The number of ether oxygens (including phenoxy) is 2. The molecule has 2 atom stereocenters. The van der Waals surface area contributed by atoms with Gasteiger partial charge in [-0.15, -0.1) is 0 Å². The van der Waals surface area contributed by atoms with Gasteiger partial charge in [0, 0.05) is 18.7 Å². The minimum absolute atomic E-state index is 0.600. The smallest absolute Gasteiger partial charge is 0.161 e. The molecular weight excluding hydrogens is 290 g/mol. The van der Waals surface area contributed by atoms with Gasteiger partial charge in [-0.05, 0) is 55.8 Å². The van der Waals surface area contributed by atoms with Gasteiger partial charge < -0.3 is 14.4 Å². The van der Waals surface area contributed by atoms with E-state index >= 15 is 0 Å². The van der Waals surface area contributed by atoms with E-state index in [0.717, 1.165) is 37.5 Å². The highest BCUT2D eigenvalue weighted by atomic mass is 16.5. The number of aldehydes is 1. The van der Waals surface area contributed by atoms with Crippen molar-refractivity contribution < 1.29 is 14.3 Å². The van der Waals surface area contributed by atoms with E-state index in [9.17, 15) is 4.79 Å². The van der Waals surface area contributed by atoms with Gasteiger partial charge in [-0.25, -0.2) is 0 Å². The van der Waals surface area contributed by atoms with Crippen LogP contribution in [0.1, 0.15) is 43.5 Å². The standard InChI is InChI=1S/C19H29NO3/c1-15-10-16(2)13-20(12-15)8-4-5-9-23-18-7-6-17(14-21)11-19(18)22-3/h6-7,11,14-16H,4-5,8-10,12-13H2,1-3H3/t15-,16-/m0/s1. The summed E-state index contributed by atoms with van der Waals surface area (Å²) >= 11 is 0. The first-order valence-corrected chi connectivity index (χ1v) is 8.60. The zero-order valence-electron chi connectivity index (χ0n) is 14.6. The lowest BCUT2D eigenvalue weighted by molar-refractivity contribution is 0.112. The quantitative estimate of drug-likeness (QED) is 0.541. The Morgan fingerprint density at radius 1 is 1.17 bits per heavy atom. The van der Waals surface area contributed by atoms with Crippen molar-refractivity contribution in [3.05, 3.63) is 23.8 Å². The van der Waals surface area contributed by atoms with Crippen molar-refractivity contribution in [2.24, 2.45) is 11.8 Å². The molecule has 23 heavy (non-hydrogen) atoms. The van der Waals surface area contributed by atoms with E-state index in [-0.39, 0.29) is 0 Å². The molecule has 4 heteroatoms. The Kier molecular flexibility index (Phi) is 6.90. The average molecular weight is 319 g/mol. The molecule has 0 amide bonds. The second-order valence-electron chi connectivity index (χ2n) is 6.79. The minimum Gasteiger partial charge on any atom is -0.493 e. The summed E-state index contributed by atoms with van der Waals surface area (Å²) in [4.78, 5) is 13.4. The molecule has 1 aromatic rings. The van der Waals surface area contributed by atoms with E-state index in [2.05, 4.69) is 18.7 Å². The zero-order valence-corrected chi connectivity index (χ0v) is 14.6. The molecule has 0 saturated carbocycles. The molecule has 0 spiro atoms. The molecule has 4 nitrogen and oxygen atoms in total. The van der Waals surface area contributed by atoms with Crippen molar-refractivity contribution in [3.63, 3.8) is 0 Å². The van der Waals surface area contributed by atoms with Crippen LogP contribution in [-0.4, -0.2) is 44.5 Å². The topological polar surface area (TPSA) is 38.8 Å². The number of hydrogen-bond acceptors (Lipinski definition) is 4. The molecule has 1 aliphatic heterocycles. The van der Waals surface area contributed by atoms with Gasteiger partial charge in [0.15, 0.2) is 11.5 Å². The number of hydrogen-bond donors (Lipinski definition) is 0. The molecule has 2 rings (SSSR count). The highest BCUT2D eigenvalue weighted by Crippen LogP contribution is 2.27. The van der Waals surface area contributed by atoms with Crippen molar-refractivity contribution in [1.29, 1.82) is 0 Å². The molecule has 0 bridgehead atoms. The lowest BCUT2D eigenvalue weighted by atomic mass is 9.92. The van der Waals surface area contributed by atoms with E-state index in [1.807, 2.05) is 0 Å². The van der Waals surface area contributed by atoms with Crippen LogP contribution >= 0.6 is 0 Å². The predicted molar refractivity (Wildman–Crippen MR) is 92.5 cm³/mol. The molecule has 0 N–H and O–H groups in total. The lowest BCUT2D eigenvalue weighted by Crippen LogP contribution is -2.39. The Balaban J connectivity index is 1.70. The fourth-order valence-corrected chi connectivity index (χ4v) is 3.47. The number of likely N-dealkylation sites (tertiary alicyclic amines) is 1. The van der Waals surface area contributed by atoms with Crippen molar-refractivity contribution in [2.75, 3.05) is 33.4 Å². The number of rotatable bonds is 8. The third kappa shape index (κ3) is 5.54. The second kappa shape index (κ2) is 8.92. The molecule has 0 unspecified atom stereocenters. The molecule has 1 fully saturated rings. The molecular formula is C19H29NO3. The van der Waals surface area contributed by atoms with Gasteiger partial charge in [0.25, 0.3) is 0 Å². The molecule has 0 radical (unpaired) electrons. The largest absolute Gasteiger partial charge is 0.493 e. The lowest BCUT2D eigenvalue weighted by Gasteiger charge is -2.34. The van der Waals surface area contributed by atoms with Gasteiger partial charge in [0.2, 0.25) is 0 Å². The van der Waals surface area contributed by atoms with Gasteiger partial charge in [0.05, 0.1) is 13.7 Å². The maximum Gasteiger partial charge on any atom is 0.161 e. The van der Waals surface area contributed by atoms with Gasteiger partial charge in [0.1, 0.15) is 6.29 Å². The van der Waals surface area contributed by atoms with Crippen LogP contribution in [-0.2, 0) is 0 Å². The highest BCUT2D eigenvalue weighted by Gasteiger charge is 2.20. The number of piperidine rings is 1. The van der Waals surface area contributed by atoms with Crippen LogP contribution in [0.2, 0.25) is 0 Å². The van der Waals surface area contributed by atoms with Crippen LogP contribution in [0.3, 0.4) is 0 Å². The molecule has 1 aromatic carbocycles. The minimum atomic E-state index is 0.600.